The number of aliphatic hydroxyl groups is 2. The van der Waals surface area contributed by atoms with Gasteiger partial charge in [-0.05, 0) is 16.8 Å². The molecule has 0 aromatic carbocycles. The molecule has 1 aromatic rings. The van der Waals surface area contributed by atoms with Crippen LogP contribution in [0.3, 0.4) is 0 Å². The second kappa shape index (κ2) is 4.86. The van der Waals surface area contributed by atoms with Crippen LogP contribution in [-0.4, -0.2) is 60.6 Å². The highest BCUT2D eigenvalue weighted by atomic mass is 16.3. The molecule has 1 aliphatic heterocycles. The van der Waals surface area contributed by atoms with E-state index in [-0.39, 0.29) is 0 Å². The van der Waals surface area contributed by atoms with Gasteiger partial charge >= 0.3 is 0 Å². The molecule has 2 atom stereocenters. The maximum Gasteiger partial charge on any atom is 0.165 e. The first kappa shape index (κ1) is 11.4. The average Bonchev–Trinajstić information content (AvgIpc) is 2.77. The Bertz CT molecular complexity index is 332. The number of hydrogen-bond donors (Lipinski definition) is 2. The van der Waals surface area contributed by atoms with Gasteiger partial charge in [0.15, 0.2) is 5.82 Å². The van der Waals surface area contributed by atoms with Crippen molar-refractivity contribution in [2.45, 2.75) is 38.6 Å². The Hall–Kier alpha value is -1.05. The van der Waals surface area contributed by atoms with Gasteiger partial charge in [-0.25, -0.2) is 4.68 Å². The molecule has 2 heterocycles. The van der Waals surface area contributed by atoms with Gasteiger partial charge < -0.3 is 10.2 Å². The van der Waals surface area contributed by atoms with Gasteiger partial charge in [0.25, 0.3) is 0 Å². The summed E-state index contributed by atoms with van der Waals surface area (Å²) in [5, 5.41) is 30.3. The summed E-state index contributed by atoms with van der Waals surface area (Å²) in [6.07, 6.45) is -0.338. The lowest BCUT2D eigenvalue weighted by Crippen LogP contribution is -2.24. The molecule has 1 aromatic heterocycles. The number of aromatic nitrogens is 4. The van der Waals surface area contributed by atoms with Crippen molar-refractivity contribution in [2.75, 3.05) is 13.1 Å². The number of aliphatic hydroxyl groups excluding tert-OH is 2. The summed E-state index contributed by atoms with van der Waals surface area (Å²) in [5.41, 5.74) is 0. The number of likely N-dealkylation sites (tertiary alicyclic amines) is 1. The lowest BCUT2D eigenvalue weighted by molar-refractivity contribution is 0.0572. The zero-order valence-corrected chi connectivity index (χ0v) is 9.32. The van der Waals surface area contributed by atoms with E-state index in [1.807, 2.05) is 4.90 Å². The monoisotopic (exact) mass is 227 g/mol. The molecule has 0 radical (unpaired) electrons. The minimum Gasteiger partial charge on any atom is -0.389 e. The molecular formula is C9H17N5O2. The summed E-state index contributed by atoms with van der Waals surface area (Å²) >= 11 is 0. The summed E-state index contributed by atoms with van der Waals surface area (Å²) in [7, 11) is 0. The van der Waals surface area contributed by atoms with Crippen LogP contribution in [-0.2, 0) is 13.1 Å². The minimum atomic E-state index is -0.657. The third kappa shape index (κ3) is 2.37. The van der Waals surface area contributed by atoms with E-state index >= 15 is 0 Å². The van der Waals surface area contributed by atoms with E-state index in [0.29, 0.717) is 19.6 Å². The van der Waals surface area contributed by atoms with Crippen molar-refractivity contribution in [2.24, 2.45) is 0 Å². The quantitative estimate of drug-likeness (QED) is 0.659. The molecular weight excluding hydrogens is 210 g/mol. The Morgan fingerprint density at radius 1 is 1.31 bits per heavy atom. The number of aryl methyl sites for hydroxylation is 1. The average molecular weight is 227 g/mol. The van der Waals surface area contributed by atoms with Crippen LogP contribution in [0.25, 0.3) is 0 Å². The zero-order chi connectivity index (χ0) is 11.5. The molecule has 0 saturated carbocycles. The SMILES string of the molecule is CCCn1nnnc1CN1CC(O)C(O)C1. The van der Waals surface area contributed by atoms with E-state index in [9.17, 15) is 10.2 Å². The Morgan fingerprint density at radius 3 is 2.62 bits per heavy atom. The lowest BCUT2D eigenvalue weighted by atomic mass is 10.3. The smallest absolute Gasteiger partial charge is 0.165 e. The van der Waals surface area contributed by atoms with E-state index in [1.54, 1.807) is 4.68 Å². The molecule has 0 aliphatic carbocycles. The second-order valence-electron chi connectivity index (χ2n) is 4.15. The standard InChI is InChI=1S/C9H17N5O2/c1-2-3-14-9(10-11-12-14)6-13-4-7(15)8(16)5-13/h7-8,15-16H,2-6H2,1H3. The Morgan fingerprint density at radius 2 is 2.00 bits per heavy atom. The van der Waals surface area contributed by atoms with E-state index < -0.39 is 12.2 Å². The molecule has 2 rings (SSSR count). The number of hydrogen-bond acceptors (Lipinski definition) is 6. The first-order valence-electron chi connectivity index (χ1n) is 5.54. The fourth-order valence-electron chi connectivity index (χ4n) is 1.90. The highest BCUT2D eigenvalue weighted by molar-refractivity contribution is 4.88. The second-order valence-corrected chi connectivity index (χ2v) is 4.15. The number of rotatable bonds is 4. The first-order valence-corrected chi connectivity index (χ1v) is 5.54. The van der Waals surface area contributed by atoms with Crippen LogP contribution in [0.4, 0.5) is 0 Å². The van der Waals surface area contributed by atoms with Crippen molar-refractivity contribution >= 4 is 0 Å². The van der Waals surface area contributed by atoms with Crippen molar-refractivity contribution in [3.05, 3.63) is 5.82 Å². The fraction of sp³-hybridized carbons (Fsp3) is 0.889. The van der Waals surface area contributed by atoms with Gasteiger partial charge in [-0.1, -0.05) is 6.92 Å². The summed E-state index contributed by atoms with van der Waals surface area (Å²) < 4.78 is 1.76. The number of β-amino-alcohol motifs (C(OH)–C–C–N with tert-alkyl or cyclic N) is 2. The molecule has 1 fully saturated rings. The maximum atomic E-state index is 9.42. The molecule has 16 heavy (non-hydrogen) atoms. The Balaban J connectivity index is 1.96. The van der Waals surface area contributed by atoms with Crippen molar-refractivity contribution in [1.82, 2.24) is 25.1 Å². The van der Waals surface area contributed by atoms with Gasteiger partial charge in [0, 0.05) is 19.6 Å². The highest BCUT2D eigenvalue weighted by Gasteiger charge is 2.30. The highest BCUT2D eigenvalue weighted by Crippen LogP contribution is 2.12. The zero-order valence-electron chi connectivity index (χ0n) is 9.32. The number of nitrogens with zero attached hydrogens (tertiary/aromatic N) is 5. The van der Waals surface area contributed by atoms with Crippen LogP contribution in [0.2, 0.25) is 0 Å². The normalized spacial score (nSPS) is 26.4. The van der Waals surface area contributed by atoms with E-state index in [0.717, 1.165) is 18.8 Å². The molecule has 1 aliphatic rings. The summed E-state index contributed by atoms with van der Waals surface area (Å²) in [6.45, 7) is 4.37. The lowest BCUT2D eigenvalue weighted by Gasteiger charge is -2.13. The molecule has 0 bridgehead atoms. The summed E-state index contributed by atoms with van der Waals surface area (Å²) in [6, 6.07) is 0. The molecule has 0 spiro atoms. The molecule has 7 heteroatoms. The molecule has 2 unspecified atom stereocenters. The van der Waals surface area contributed by atoms with Crippen LogP contribution in [0.1, 0.15) is 19.2 Å². The summed E-state index contributed by atoms with van der Waals surface area (Å²) in [4.78, 5) is 1.95. The third-order valence-corrected chi connectivity index (χ3v) is 2.74. The first-order chi connectivity index (χ1) is 7.70. The predicted octanol–water partition coefficient (Wildman–Crippen LogP) is -1.38. The van der Waals surface area contributed by atoms with Crippen molar-refractivity contribution < 1.29 is 10.2 Å². The van der Waals surface area contributed by atoms with E-state index in [1.165, 1.54) is 0 Å². The van der Waals surface area contributed by atoms with Crippen molar-refractivity contribution in [3.8, 4) is 0 Å². The van der Waals surface area contributed by atoms with Crippen LogP contribution in [0, 0.1) is 0 Å². The topological polar surface area (TPSA) is 87.3 Å². The van der Waals surface area contributed by atoms with Gasteiger partial charge in [-0.15, -0.1) is 5.10 Å². The van der Waals surface area contributed by atoms with Gasteiger partial charge in [0.1, 0.15) is 0 Å². The molecule has 1 saturated heterocycles. The van der Waals surface area contributed by atoms with Crippen LogP contribution >= 0.6 is 0 Å². The minimum absolute atomic E-state index is 0.472. The van der Waals surface area contributed by atoms with Crippen molar-refractivity contribution in [1.29, 1.82) is 0 Å². The van der Waals surface area contributed by atoms with E-state index in [4.69, 9.17) is 0 Å². The van der Waals surface area contributed by atoms with Crippen molar-refractivity contribution in [3.63, 3.8) is 0 Å². The van der Waals surface area contributed by atoms with Crippen LogP contribution in [0.5, 0.6) is 0 Å². The van der Waals surface area contributed by atoms with E-state index in [2.05, 4.69) is 22.4 Å². The predicted molar refractivity (Wildman–Crippen MR) is 55.4 cm³/mol. The Kier molecular flexibility index (Phi) is 3.47. The Labute approximate surface area is 93.7 Å². The fourth-order valence-corrected chi connectivity index (χ4v) is 1.90. The van der Waals surface area contributed by atoms with Gasteiger partial charge in [0.05, 0.1) is 18.8 Å². The molecule has 0 amide bonds. The van der Waals surface area contributed by atoms with Gasteiger partial charge in [-0.2, -0.15) is 0 Å². The number of tetrazole rings is 1. The molecule has 90 valence electrons. The third-order valence-electron chi connectivity index (χ3n) is 2.74. The maximum absolute atomic E-state index is 9.42. The summed E-state index contributed by atoms with van der Waals surface area (Å²) in [5.74, 6) is 0.781. The molecule has 7 nitrogen and oxygen atoms in total. The largest absolute Gasteiger partial charge is 0.389 e. The molecule has 2 N–H and O–H groups in total. The van der Waals surface area contributed by atoms with Gasteiger partial charge in [-0.3, -0.25) is 4.90 Å². The van der Waals surface area contributed by atoms with Crippen LogP contribution < -0.4 is 0 Å². The van der Waals surface area contributed by atoms with Crippen LogP contribution in [0.15, 0.2) is 0 Å². The van der Waals surface area contributed by atoms with Gasteiger partial charge in [0.2, 0.25) is 0 Å².